The van der Waals surface area contributed by atoms with E-state index in [9.17, 15) is 21.6 Å². The summed E-state index contributed by atoms with van der Waals surface area (Å²) in [6, 6.07) is 22.1. The van der Waals surface area contributed by atoms with Crippen LogP contribution in [0.15, 0.2) is 101 Å². The molecule has 0 N–H and O–H groups in total. The van der Waals surface area contributed by atoms with E-state index in [1.54, 1.807) is 54.7 Å². The van der Waals surface area contributed by atoms with Crippen LogP contribution in [0.5, 0.6) is 11.5 Å². The van der Waals surface area contributed by atoms with Crippen molar-refractivity contribution in [1.29, 1.82) is 0 Å². The van der Waals surface area contributed by atoms with Crippen LogP contribution in [0.2, 0.25) is 0 Å². The lowest BCUT2D eigenvalue weighted by Crippen LogP contribution is -2.22. The molecule has 40 heavy (non-hydrogen) atoms. The normalized spacial score (nSPS) is 12.1. The largest absolute Gasteiger partial charge is 0.457 e. The zero-order chi connectivity index (χ0) is 28.7. The third-order valence-electron chi connectivity index (χ3n) is 6.31. The molecular formula is C29H26N2O7S2. The first-order chi connectivity index (χ1) is 18.9. The number of para-hydroxylation sites is 1. The lowest BCUT2D eigenvalue weighted by atomic mass is 10.0. The van der Waals surface area contributed by atoms with Gasteiger partial charge >= 0.3 is 0 Å². The fourth-order valence-corrected chi connectivity index (χ4v) is 6.02. The SMILES string of the molecule is Cc1ccc(S(=O)(=O)n2ccc3c(-c4cc(COS(C)(=O)=O)ccc4Oc4ccccc4)cn(C)c(=O)c32)cc1. The number of nitrogens with zero attached hydrogens (tertiary/aromatic N) is 2. The van der Waals surface area contributed by atoms with Gasteiger partial charge in [-0.15, -0.1) is 0 Å². The van der Waals surface area contributed by atoms with Crippen LogP contribution in [0, 0.1) is 6.92 Å². The van der Waals surface area contributed by atoms with Crippen molar-refractivity contribution in [3.8, 4) is 22.6 Å². The van der Waals surface area contributed by atoms with Crippen molar-refractivity contribution in [3.05, 3.63) is 113 Å². The molecule has 5 rings (SSSR count). The Morgan fingerprint density at radius 2 is 1.55 bits per heavy atom. The number of hydrogen-bond donors (Lipinski definition) is 0. The lowest BCUT2D eigenvalue weighted by molar-refractivity contribution is 0.311. The van der Waals surface area contributed by atoms with Gasteiger partial charge in [0, 0.05) is 36.0 Å². The fourth-order valence-electron chi connectivity index (χ4n) is 4.33. The van der Waals surface area contributed by atoms with E-state index >= 15 is 0 Å². The third kappa shape index (κ3) is 5.44. The Labute approximate surface area is 232 Å². The van der Waals surface area contributed by atoms with E-state index < -0.39 is 25.7 Å². The van der Waals surface area contributed by atoms with Gasteiger partial charge in [-0.2, -0.15) is 8.42 Å². The van der Waals surface area contributed by atoms with Gasteiger partial charge in [-0.1, -0.05) is 42.0 Å². The first-order valence-electron chi connectivity index (χ1n) is 12.2. The predicted molar refractivity (Wildman–Crippen MR) is 153 cm³/mol. The Hall–Kier alpha value is -4.19. The lowest BCUT2D eigenvalue weighted by Gasteiger charge is -2.16. The summed E-state index contributed by atoms with van der Waals surface area (Å²) in [6.45, 7) is 1.64. The summed E-state index contributed by atoms with van der Waals surface area (Å²) in [4.78, 5) is 13.4. The van der Waals surface area contributed by atoms with Crippen LogP contribution < -0.4 is 10.3 Å². The molecule has 0 saturated carbocycles. The van der Waals surface area contributed by atoms with Crippen molar-refractivity contribution >= 4 is 31.0 Å². The maximum Gasteiger partial charge on any atom is 0.275 e. The highest BCUT2D eigenvalue weighted by Gasteiger charge is 2.24. The van der Waals surface area contributed by atoms with Crippen LogP contribution in [0.3, 0.4) is 0 Å². The molecule has 0 atom stereocenters. The zero-order valence-corrected chi connectivity index (χ0v) is 23.6. The summed E-state index contributed by atoms with van der Waals surface area (Å²) < 4.78 is 63.9. The molecule has 0 aliphatic heterocycles. The summed E-state index contributed by atoms with van der Waals surface area (Å²) in [6.07, 6.45) is 3.93. The van der Waals surface area contributed by atoms with Gasteiger partial charge in [0.25, 0.3) is 25.7 Å². The van der Waals surface area contributed by atoms with Crippen LogP contribution in [-0.2, 0) is 38.0 Å². The maximum atomic E-state index is 13.6. The molecule has 0 aliphatic rings. The molecule has 0 unspecified atom stereocenters. The van der Waals surface area contributed by atoms with Crippen molar-refractivity contribution in [2.24, 2.45) is 7.05 Å². The van der Waals surface area contributed by atoms with E-state index in [1.165, 1.54) is 29.9 Å². The van der Waals surface area contributed by atoms with E-state index in [0.29, 0.717) is 33.6 Å². The second-order valence-corrected chi connectivity index (χ2v) is 12.8. The van der Waals surface area contributed by atoms with Crippen molar-refractivity contribution in [2.75, 3.05) is 6.26 Å². The number of fused-ring (bicyclic) bond motifs is 1. The van der Waals surface area contributed by atoms with Gasteiger partial charge in [0.2, 0.25) is 0 Å². The van der Waals surface area contributed by atoms with Crippen molar-refractivity contribution in [2.45, 2.75) is 18.4 Å². The predicted octanol–water partition coefficient (Wildman–Crippen LogP) is 4.82. The van der Waals surface area contributed by atoms with Gasteiger partial charge < -0.3 is 9.30 Å². The van der Waals surface area contributed by atoms with Gasteiger partial charge in [0.05, 0.1) is 17.8 Å². The van der Waals surface area contributed by atoms with E-state index in [1.807, 2.05) is 25.1 Å². The highest BCUT2D eigenvalue weighted by Crippen LogP contribution is 2.38. The Bertz CT molecular complexity index is 1990. The van der Waals surface area contributed by atoms with Crippen LogP contribution in [-0.4, -0.2) is 31.6 Å². The highest BCUT2D eigenvalue weighted by atomic mass is 32.2. The van der Waals surface area contributed by atoms with Crippen molar-refractivity contribution in [1.82, 2.24) is 8.54 Å². The number of rotatable bonds is 8. The summed E-state index contributed by atoms with van der Waals surface area (Å²) in [7, 11) is -6.24. The second-order valence-electron chi connectivity index (χ2n) is 9.36. The van der Waals surface area contributed by atoms with E-state index in [-0.39, 0.29) is 17.0 Å². The Morgan fingerprint density at radius 1 is 0.850 bits per heavy atom. The molecule has 0 bridgehead atoms. The molecular weight excluding hydrogens is 552 g/mol. The monoisotopic (exact) mass is 578 g/mol. The Morgan fingerprint density at radius 3 is 2.23 bits per heavy atom. The summed E-state index contributed by atoms with van der Waals surface area (Å²) in [5.41, 5.74) is 1.95. The zero-order valence-electron chi connectivity index (χ0n) is 21.9. The quantitative estimate of drug-likeness (QED) is 0.243. The molecule has 11 heteroatoms. The second kappa shape index (κ2) is 10.4. The number of ether oxygens (including phenoxy) is 1. The van der Waals surface area contributed by atoms with E-state index in [0.717, 1.165) is 15.8 Å². The van der Waals surface area contributed by atoms with Gasteiger partial charge in [-0.25, -0.2) is 12.4 Å². The summed E-state index contributed by atoms with van der Waals surface area (Å²) in [5.74, 6) is 0.980. The third-order valence-corrected chi connectivity index (χ3v) is 8.55. The fraction of sp³-hybridized carbons (Fsp3) is 0.138. The number of pyridine rings is 1. The van der Waals surface area contributed by atoms with Crippen molar-refractivity contribution < 1.29 is 25.8 Å². The molecule has 3 aromatic carbocycles. The molecule has 0 amide bonds. The van der Waals surface area contributed by atoms with Crippen molar-refractivity contribution in [3.63, 3.8) is 0 Å². The van der Waals surface area contributed by atoms with Crippen LogP contribution >= 0.6 is 0 Å². The van der Waals surface area contributed by atoms with Gasteiger partial charge in [-0.3, -0.25) is 8.98 Å². The van der Waals surface area contributed by atoms with Crippen LogP contribution in [0.4, 0.5) is 0 Å². The minimum atomic E-state index is -4.08. The van der Waals surface area contributed by atoms with Gasteiger partial charge in [0.15, 0.2) is 0 Å². The molecule has 2 aromatic heterocycles. The van der Waals surface area contributed by atoms with Crippen LogP contribution in [0.25, 0.3) is 22.0 Å². The average molecular weight is 579 g/mol. The summed E-state index contributed by atoms with van der Waals surface area (Å²) in [5, 5.41) is 0.387. The molecule has 0 aliphatic carbocycles. The standard InChI is InChI=1S/C29H26N2O7S2/c1-20-9-12-23(13-10-20)40(35,36)31-16-15-24-26(18-30(2)29(32)28(24)31)25-17-21(19-37-39(3,33)34)11-14-27(25)38-22-7-5-4-6-8-22/h4-18H,19H2,1-3H3. The number of aryl methyl sites for hydroxylation is 2. The number of benzene rings is 3. The molecule has 0 spiro atoms. The number of aromatic nitrogens is 2. The first kappa shape index (κ1) is 27.4. The first-order valence-corrected chi connectivity index (χ1v) is 15.4. The molecule has 5 aromatic rings. The van der Waals surface area contributed by atoms with E-state index in [2.05, 4.69) is 0 Å². The molecule has 206 valence electrons. The topological polar surface area (TPSA) is 114 Å². The smallest absolute Gasteiger partial charge is 0.275 e. The van der Waals surface area contributed by atoms with Crippen LogP contribution in [0.1, 0.15) is 11.1 Å². The minimum absolute atomic E-state index is 0.0241. The van der Waals surface area contributed by atoms with Gasteiger partial charge in [0.1, 0.15) is 17.0 Å². The Balaban J connectivity index is 1.73. The molecule has 9 nitrogen and oxygen atoms in total. The molecule has 0 saturated heterocycles. The molecule has 2 heterocycles. The van der Waals surface area contributed by atoms with E-state index in [4.69, 9.17) is 8.92 Å². The number of hydrogen-bond acceptors (Lipinski definition) is 7. The molecule has 0 radical (unpaired) electrons. The average Bonchev–Trinajstić information content (AvgIpc) is 3.37. The highest BCUT2D eigenvalue weighted by molar-refractivity contribution is 7.90. The Kier molecular flexibility index (Phi) is 7.13. The van der Waals surface area contributed by atoms with Gasteiger partial charge in [-0.05, 0) is 55.0 Å². The maximum absolute atomic E-state index is 13.6. The minimum Gasteiger partial charge on any atom is -0.457 e. The molecule has 0 fully saturated rings. The summed E-state index contributed by atoms with van der Waals surface area (Å²) >= 11 is 0.